The molecule has 0 saturated carbocycles. The molecule has 1 aliphatic heterocycles. The molecule has 2 atom stereocenters. The number of carboxylic acid groups (broad SMARTS) is 1. The molecule has 5 nitrogen and oxygen atoms in total. The summed E-state index contributed by atoms with van der Waals surface area (Å²) in [6, 6.07) is 8.39. The number of rotatable bonds is 2. The normalized spacial score (nSPS) is 22.8. The molecule has 18 heavy (non-hydrogen) atoms. The van der Waals surface area contributed by atoms with Crippen LogP contribution in [-0.2, 0) is 9.53 Å². The van der Waals surface area contributed by atoms with E-state index in [1.807, 2.05) is 30.3 Å². The fourth-order valence-electron chi connectivity index (χ4n) is 2.42. The number of benzene rings is 1. The van der Waals surface area contributed by atoms with Crippen LogP contribution in [0.2, 0.25) is 0 Å². The second kappa shape index (κ2) is 5.08. The van der Waals surface area contributed by atoms with Gasteiger partial charge in [0.15, 0.2) is 0 Å². The second-order valence-electron chi connectivity index (χ2n) is 4.24. The Kier molecular flexibility index (Phi) is 3.50. The third-order valence-corrected chi connectivity index (χ3v) is 3.24. The molecule has 2 unspecified atom stereocenters. The number of nitrogens with zero attached hydrogens (tertiary/aromatic N) is 1. The van der Waals surface area contributed by atoms with Crippen LogP contribution in [0.1, 0.15) is 24.4 Å². The quantitative estimate of drug-likeness (QED) is 0.871. The lowest BCUT2D eigenvalue weighted by Gasteiger charge is -2.27. The molecule has 1 heterocycles. The summed E-state index contributed by atoms with van der Waals surface area (Å²) in [5, 5.41) is 9.14. The van der Waals surface area contributed by atoms with Crippen LogP contribution in [0.4, 0.5) is 4.79 Å². The van der Waals surface area contributed by atoms with E-state index in [9.17, 15) is 9.59 Å². The van der Waals surface area contributed by atoms with E-state index in [0.29, 0.717) is 12.8 Å². The van der Waals surface area contributed by atoms with Gasteiger partial charge in [-0.05, 0) is 18.4 Å². The Morgan fingerprint density at radius 2 is 1.94 bits per heavy atom. The standard InChI is InChI=1S/C13H15NO4/c1-18-13(17)14-10(7-8-11(14)12(15)16)9-5-3-2-4-6-9/h2-6,10-11H,7-8H2,1H3,(H,15,16). The minimum atomic E-state index is -0.987. The molecule has 1 aromatic carbocycles. The maximum Gasteiger partial charge on any atom is 0.410 e. The number of methoxy groups -OCH3 is 1. The van der Waals surface area contributed by atoms with E-state index in [0.717, 1.165) is 5.56 Å². The first kappa shape index (κ1) is 12.4. The molecule has 96 valence electrons. The van der Waals surface area contributed by atoms with Gasteiger partial charge in [-0.25, -0.2) is 9.59 Å². The number of hydrogen-bond donors (Lipinski definition) is 1. The van der Waals surface area contributed by atoms with Crippen LogP contribution >= 0.6 is 0 Å². The number of hydrogen-bond acceptors (Lipinski definition) is 3. The van der Waals surface area contributed by atoms with E-state index < -0.39 is 18.1 Å². The fraction of sp³-hybridized carbons (Fsp3) is 0.385. The number of carbonyl (C=O) groups is 2. The van der Waals surface area contributed by atoms with Gasteiger partial charge in [0.2, 0.25) is 0 Å². The van der Waals surface area contributed by atoms with Gasteiger partial charge in [0.25, 0.3) is 0 Å². The largest absolute Gasteiger partial charge is 0.480 e. The highest BCUT2D eigenvalue weighted by Crippen LogP contribution is 2.36. The van der Waals surface area contributed by atoms with Crippen LogP contribution in [0.15, 0.2) is 30.3 Å². The highest BCUT2D eigenvalue weighted by atomic mass is 16.5. The van der Waals surface area contributed by atoms with Gasteiger partial charge in [-0.1, -0.05) is 30.3 Å². The number of aliphatic carboxylic acids is 1. The van der Waals surface area contributed by atoms with Crippen LogP contribution in [0, 0.1) is 0 Å². The van der Waals surface area contributed by atoms with E-state index in [2.05, 4.69) is 4.74 Å². The Balaban J connectivity index is 2.31. The first-order valence-electron chi connectivity index (χ1n) is 5.79. The van der Waals surface area contributed by atoms with E-state index in [1.165, 1.54) is 12.0 Å². The summed E-state index contributed by atoms with van der Waals surface area (Å²) in [6.07, 6.45) is 0.494. The van der Waals surface area contributed by atoms with Gasteiger partial charge in [-0.15, -0.1) is 0 Å². The molecule has 1 amide bonds. The third kappa shape index (κ3) is 2.16. The Morgan fingerprint density at radius 1 is 1.28 bits per heavy atom. The number of carbonyl (C=O) groups excluding carboxylic acids is 1. The van der Waals surface area contributed by atoms with Crippen LogP contribution in [0.25, 0.3) is 0 Å². The Bertz CT molecular complexity index is 446. The van der Waals surface area contributed by atoms with Crippen molar-refractivity contribution in [1.82, 2.24) is 4.90 Å². The molecule has 0 spiro atoms. The molecule has 0 aromatic heterocycles. The van der Waals surface area contributed by atoms with Crippen molar-refractivity contribution in [2.75, 3.05) is 7.11 Å². The van der Waals surface area contributed by atoms with E-state index >= 15 is 0 Å². The summed E-state index contributed by atoms with van der Waals surface area (Å²) in [5.41, 5.74) is 0.937. The molecular formula is C13H15NO4. The van der Waals surface area contributed by atoms with Crippen molar-refractivity contribution in [3.05, 3.63) is 35.9 Å². The highest BCUT2D eigenvalue weighted by molar-refractivity contribution is 5.81. The summed E-state index contributed by atoms with van der Waals surface area (Å²) in [4.78, 5) is 24.2. The number of ether oxygens (including phenoxy) is 1. The number of carboxylic acids is 1. The monoisotopic (exact) mass is 249 g/mol. The molecule has 5 heteroatoms. The minimum Gasteiger partial charge on any atom is -0.480 e. The van der Waals surface area contributed by atoms with Crippen molar-refractivity contribution in [3.8, 4) is 0 Å². The van der Waals surface area contributed by atoms with Crippen molar-refractivity contribution in [2.45, 2.75) is 24.9 Å². The third-order valence-electron chi connectivity index (χ3n) is 3.24. The zero-order valence-corrected chi connectivity index (χ0v) is 10.1. The topological polar surface area (TPSA) is 66.8 Å². The minimum absolute atomic E-state index is 0.222. The van der Waals surface area contributed by atoms with Crippen molar-refractivity contribution in [3.63, 3.8) is 0 Å². The Hall–Kier alpha value is -2.04. The van der Waals surface area contributed by atoms with Crippen LogP contribution in [0.3, 0.4) is 0 Å². The summed E-state index contributed by atoms with van der Waals surface area (Å²) in [7, 11) is 1.27. The predicted octanol–water partition coefficient (Wildman–Crippen LogP) is 2.04. The van der Waals surface area contributed by atoms with Gasteiger partial charge in [0.1, 0.15) is 6.04 Å². The molecule has 0 radical (unpaired) electrons. The maximum atomic E-state index is 11.8. The van der Waals surface area contributed by atoms with Crippen LogP contribution in [0.5, 0.6) is 0 Å². The van der Waals surface area contributed by atoms with Crippen LogP contribution < -0.4 is 0 Å². The smallest absolute Gasteiger partial charge is 0.410 e. The van der Waals surface area contributed by atoms with Gasteiger partial charge in [-0.3, -0.25) is 4.90 Å². The SMILES string of the molecule is COC(=O)N1C(C(=O)O)CCC1c1ccccc1. The summed E-state index contributed by atoms with van der Waals surface area (Å²) < 4.78 is 4.69. The number of likely N-dealkylation sites (tertiary alicyclic amines) is 1. The van der Waals surface area contributed by atoms with Crippen molar-refractivity contribution < 1.29 is 19.4 Å². The molecule has 1 aromatic rings. The van der Waals surface area contributed by atoms with Gasteiger partial charge in [0, 0.05) is 0 Å². The molecule has 1 fully saturated rings. The van der Waals surface area contributed by atoms with Crippen molar-refractivity contribution in [1.29, 1.82) is 0 Å². The summed E-state index contributed by atoms with van der Waals surface area (Å²) in [5.74, 6) is -0.987. The molecule has 1 saturated heterocycles. The zero-order chi connectivity index (χ0) is 13.1. The Morgan fingerprint density at radius 3 is 2.50 bits per heavy atom. The predicted molar refractivity (Wildman–Crippen MR) is 64.1 cm³/mol. The van der Waals surface area contributed by atoms with Crippen LogP contribution in [-0.4, -0.2) is 35.2 Å². The average molecular weight is 249 g/mol. The van der Waals surface area contributed by atoms with E-state index in [4.69, 9.17) is 5.11 Å². The second-order valence-corrected chi connectivity index (χ2v) is 4.24. The molecule has 2 rings (SSSR count). The van der Waals surface area contributed by atoms with Crippen molar-refractivity contribution >= 4 is 12.1 Å². The Labute approximate surface area is 105 Å². The van der Waals surface area contributed by atoms with E-state index in [1.54, 1.807) is 0 Å². The average Bonchev–Trinajstić information content (AvgIpc) is 2.83. The van der Waals surface area contributed by atoms with Gasteiger partial charge in [0.05, 0.1) is 13.2 Å². The lowest BCUT2D eigenvalue weighted by atomic mass is 10.1. The van der Waals surface area contributed by atoms with Gasteiger partial charge < -0.3 is 9.84 Å². The molecule has 1 N–H and O–H groups in total. The number of amides is 1. The van der Waals surface area contributed by atoms with Gasteiger partial charge >= 0.3 is 12.1 Å². The highest BCUT2D eigenvalue weighted by Gasteiger charge is 2.42. The zero-order valence-electron chi connectivity index (χ0n) is 10.1. The van der Waals surface area contributed by atoms with Gasteiger partial charge in [-0.2, -0.15) is 0 Å². The first-order valence-corrected chi connectivity index (χ1v) is 5.79. The lowest BCUT2D eigenvalue weighted by molar-refractivity contribution is -0.142. The summed E-state index contributed by atoms with van der Waals surface area (Å²) in [6.45, 7) is 0. The van der Waals surface area contributed by atoms with Crippen molar-refractivity contribution in [2.24, 2.45) is 0 Å². The fourth-order valence-corrected chi connectivity index (χ4v) is 2.42. The maximum absolute atomic E-state index is 11.8. The lowest BCUT2D eigenvalue weighted by Crippen LogP contribution is -2.41. The molecule has 0 bridgehead atoms. The molecule has 1 aliphatic rings. The molecule has 0 aliphatic carbocycles. The molecular weight excluding hydrogens is 234 g/mol. The van der Waals surface area contributed by atoms with E-state index in [-0.39, 0.29) is 6.04 Å². The first-order chi connectivity index (χ1) is 8.65. The summed E-state index contributed by atoms with van der Waals surface area (Å²) >= 11 is 0.